The van der Waals surface area contributed by atoms with E-state index in [1.165, 1.54) is 59.2 Å². The van der Waals surface area contributed by atoms with Crippen molar-refractivity contribution in [1.29, 1.82) is 0 Å². The van der Waals surface area contributed by atoms with Gasteiger partial charge < -0.3 is 10.3 Å². The quantitative estimate of drug-likeness (QED) is 0.426. The van der Waals surface area contributed by atoms with Crippen molar-refractivity contribution in [1.82, 2.24) is 9.55 Å². The van der Waals surface area contributed by atoms with Crippen LogP contribution in [0.1, 0.15) is 10.4 Å². The van der Waals surface area contributed by atoms with Crippen LogP contribution in [0.4, 0.5) is 14.5 Å². The second-order valence-electron chi connectivity index (χ2n) is 6.39. The molecule has 0 aliphatic rings. The van der Waals surface area contributed by atoms with Crippen molar-refractivity contribution in [3.8, 4) is 5.69 Å². The van der Waals surface area contributed by atoms with Crippen molar-refractivity contribution in [2.24, 2.45) is 0 Å². The number of amides is 1. The molecule has 0 aliphatic heterocycles. The van der Waals surface area contributed by atoms with Gasteiger partial charge in [-0.1, -0.05) is 11.6 Å². The third-order valence-corrected chi connectivity index (χ3v) is 5.00. The number of hydrogen-bond acceptors (Lipinski definition) is 3. The molecule has 4 aromatic rings. The minimum atomic E-state index is -0.610. The number of carbonyl (C=O) groups excluding carboxylic acids is 1. The summed E-state index contributed by atoms with van der Waals surface area (Å²) in [4.78, 5) is 28.4. The van der Waals surface area contributed by atoms with Crippen molar-refractivity contribution < 1.29 is 13.6 Å². The van der Waals surface area contributed by atoms with Crippen LogP contribution in [-0.4, -0.2) is 15.5 Å². The van der Waals surface area contributed by atoms with Gasteiger partial charge in [0, 0.05) is 11.3 Å². The molecule has 0 radical (unpaired) electrons. The lowest BCUT2D eigenvalue weighted by atomic mass is 10.1. The minimum absolute atomic E-state index is 0.0614. The Balaban J connectivity index is 1.74. The summed E-state index contributed by atoms with van der Waals surface area (Å²) >= 11 is 11.1. The number of benzene rings is 3. The largest absolute Gasteiger partial charge is 0.331 e. The Labute approximate surface area is 178 Å². The van der Waals surface area contributed by atoms with Crippen LogP contribution in [0.25, 0.3) is 16.6 Å². The molecule has 0 aliphatic carbocycles. The van der Waals surface area contributed by atoms with Gasteiger partial charge in [-0.15, -0.1) is 0 Å². The molecule has 1 heterocycles. The molecule has 4 rings (SSSR count). The van der Waals surface area contributed by atoms with Crippen molar-refractivity contribution in [2.75, 3.05) is 5.32 Å². The van der Waals surface area contributed by atoms with E-state index in [4.69, 9.17) is 23.8 Å². The SMILES string of the molecule is O=C(Nc1ccc(F)cc1)c1ccc2c(=O)n(-c3ccc(F)c(Cl)c3)c(=S)[nH]c2c1. The lowest BCUT2D eigenvalue weighted by Gasteiger charge is -2.10. The summed E-state index contributed by atoms with van der Waals surface area (Å²) in [5.41, 5.74) is 0.938. The number of H-pyrrole nitrogens is 1. The molecule has 0 spiro atoms. The molecule has 1 aromatic heterocycles. The van der Waals surface area contributed by atoms with Gasteiger partial charge in [0.2, 0.25) is 0 Å². The Kier molecular flexibility index (Phi) is 5.19. The highest BCUT2D eigenvalue weighted by atomic mass is 35.5. The average Bonchev–Trinajstić information content (AvgIpc) is 2.72. The van der Waals surface area contributed by atoms with Gasteiger partial charge in [-0.25, -0.2) is 8.78 Å². The predicted octanol–water partition coefficient (Wildman–Crippen LogP) is 5.23. The summed E-state index contributed by atoms with van der Waals surface area (Å²) in [5.74, 6) is -1.46. The zero-order valence-corrected chi connectivity index (χ0v) is 16.7. The number of anilines is 1. The number of rotatable bonds is 3. The molecular weight excluding hydrogens is 432 g/mol. The number of aromatic nitrogens is 2. The molecule has 2 N–H and O–H groups in total. The number of nitrogens with one attached hydrogen (secondary N) is 2. The van der Waals surface area contributed by atoms with Gasteiger partial charge in [-0.05, 0) is 72.9 Å². The summed E-state index contributed by atoms with van der Waals surface area (Å²) in [6, 6.07) is 13.7. The molecule has 3 aromatic carbocycles. The highest BCUT2D eigenvalue weighted by Gasteiger charge is 2.13. The number of hydrogen-bond donors (Lipinski definition) is 2. The van der Waals surface area contributed by atoms with Crippen LogP contribution in [0.2, 0.25) is 5.02 Å². The molecule has 0 saturated carbocycles. The van der Waals surface area contributed by atoms with Gasteiger partial charge in [0.05, 0.1) is 21.6 Å². The smallest absolute Gasteiger partial charge is 0.266 e. The molecule has 0 atom stereocenters. The number of halogens is 3. The molecule has 30 heavy (non-hydrogen) atoms. The third kappa shape index (κ3) is 3.74. The first-order valence-corrected chi connectivity index (χ1v) is 9.43. The lowest BCUT2D eigenvalue weighted by Crippen LogP contribution is -2.21. The van der Waals surface area contributed by atoms with Gasteiger partial charge in [-0.2, -0.15) is 0 Å². The molecule has 9 heteroatoms. The Hall–Kier alpha value is -3.36. The van der Waals surface area contributed by atoms with Crippen molar-refractivity contribution in [3.05, 3.63) is 98.0 Å². The fraction of sp³-hybridized carbons (Fsp3) is 0. The molecule has 150 valence electrons. The van der Waals surface area contributed by atoms with E-state index in [1.807, 2.05) is 0 Å². The summed E-state index contributed by atoms with van der Waals surface area (Å²) in [6.07, 6.45) is 0. The molecule has 5 nitrogen and oxygen atoms in total. The molecule has 0 unspecified atom stereocenters. The summed E-state index contributed by atoms with van der Waals surface area (Å²) < 4.78 is 27.7. The molecule has 1 amide bonds. The van der Waals surface area contributed by atoms with E-state index in [0.717, 1.165) is 6.07 Å². The Morgan fingerprint density at radius 3 is 2.47 bits per heavy atom. The van der Waals surface area contributed by atoms with E-state index in [-0.39, 0.29) is 20.7 Å². The predicted molar refractivity (Wildman–Crippen MR) is 114 cm³/mol. The van der Waals surface area contributed by atoms with Gasteiger partial charge in [-0.3, -0.25) is 14.2 Å². The van der Waals surface area contributed by atoms with E-state index in [0.29, 0.717) is 16.9 Å². The first-order valence-electron chi connectivity index (χ1n) is 8.65. The Bertz CT molecular complexity index is 1410. The second kappa shape index (κ2) is 7.81. The summed E-state index contributed by atoms with van der Waals surface area (Å²) in [5, 5.41) is 2.79. The van der Waals surface area contributed by atoms with E-state index in [9.17, 15) is 18.4 Å². The van der Waals surface area contributed by atoms with Crippen molar-refractivity contribution in [3.63, 3.8) is 0 Å². The van der Waals surface area contributed by atoms with Crippen LogP contribution in [0.3, 0.4) is 0 Å². The van der Waals surface area contributed by atoms with Crippen LogP contribution in [-0.2, 0) is 0 Å². The molecular formula is C21H12ClF2N3O2S. The van der Waals surface area contributed by atoms with Crippen LogP contribution in [0.5, 0.6) is 0 Å². The maximum Gasteiger partial charge on any atom is 0.266 e. The molecule has 0 bridgehead atoms. The first kappa shape index (κ1) is 19.9. The van der Waals surface area contributed by atoms with Crippen LogP contribution < -0.4 is 10.9 Å². The second-order valence-corrected chi connectivity index (χ2v) is 7.18. The van der Waals surface area contributed by atoms with E-state index < -0.39 is 23.1 Å². The normalized spacial score (nSPS) is 10.9. The van der Waals surface area contributed by atoms with E-state index in [1.54, 1.807) is 0 Å². The maximum absolute atomic E-state index is 13.5. The first-order chi connectivity index (χ1) is 14.3. The van der Waals surface area contributed by atoms with Crippen LogP contribution >= 0.6 is 23.8 Å². The van der Waals surface area contributed by atoms with Crippen LogP contribution in [0, 0.1) is 16.4 Å². The van der Waals surface area contributed by atoms with E-state index >= 15 is 0 Å². The summed E-state index contributed by atoms with van der Waals surface area (Å²) in [7, 11) is 0. The summed E-state index contributed by atoms with van der Waals surface area (Å²) in [6.45, 7) is 0. The van der Waals surface area contributed by atoms with Gasteiger partial charge in [0.25, 0.3) is 11.5 Å². The highest BCUT2D eigenvalue weighted by molar-refractivity contribution is 7.71. The monoisotopic (exact) mass is 443 g/mol. The zero-order valence-electron chi connectivity index (χ0n) is 15.1. The Morgan fingerprint density at radius 2 is 1.77 bits per heavy atom. The number of fused-ring (bicyclic) bond motifs is 1. The number of aromatic amines is 1. The minimum Gasteiger partial charge on any atom is -0.331 e. The standard InChI is InChI=1S/C21H12ClF2N3O2S/c22-16-10-14(6-8-17(16)24)27-20(29)15-7-1-11(9-18(15)26-21(27)30)19(28)25-13-4-2-12(23)3-5-13/h1-10H,(H,25,28)(H,26,30). The van der Waals surface area contributed by atoms with Gasteiger partial charge >= 0.3 is 0 Å². The van der Waals surface area contributed by atoms with Gasteiger partial charge in [0.15, 0.2) is 4.77 Å². The fourth-order valence-electron chi connectivity index (χ4n) is 2.95. The van der Waals surface area contributed by atoms with E-state index in [2.05, 4.69) is 10.3 Å². The third-order valence-electron chi connectivity index (χ3n) is 4.42. The highest BCUT2D eigenvalue weighted by Crippen LogP contribution is 2.20. The number of nitrogens with zero attached hydrogens (tertiary/aromatic N) is 1. The van der Waals surface area contributed by atoms with Crippen molar-refractivity contribution >= 4 is 46.3 Å². The number of carbonyl (C=O) groups is 1. The molecule has 0 saturated heterocycles. The Morgan fingerprint density at radius 1 is 1.03 bits per heavy atom. The van der Waals surface area contributed by atoms with Crippen molar-refractivity contribution in [2.45, 2.75) is 0 Å². The molecule has 0 fully saturated rings. The van der Waals surface area contributed by atoms with Crippen LogP contribution in [0.15, 0.2) is 65.5 Å². The fourth-order valence-corrected chi connectivity index (χ4v) is 3.43. The zero-order chi connectivity index (χ0) is 21.4. The van der Waals surface area contributed by atoms with Gasteiger partial charge in [0.1, 0.15) is 11.6 Å². The topological polar surface area (TPSA) is 66.9 Å². The average molecular weight is 444 g/mol. The lowest BCUT2D eigenvalue weighted by molar-refractivity contribution is 0.102. The maximum atomic E-state index is 13.5.